The van der Waals surface area contributed by atoms with E-state index in [0.717, 1.165) is 17.3 Å². The first-order valence-electron chi connectivity index (χ1n) is 5.06. The van der Waals surface area contributed by atoms with E-state index in [1.807, 2.05) is 12.1 Å². The van der Waals surface area contributed by atoms with E-state index < -0.39 is 0 Å². The van der Waals surface area contributed by atoms with E-state index >= 15 is 0 Å². The van der Waals surface area contributed by atoms with Gasteiger partial charge in [-0.25, -0.2) is 0 Å². The Morgan fingerprint density at radius 1 is 1.13 bits per heavy atom. The smallest absolute Gasteiger partial charge is 0.0332 e. The molecule has 0 N–H and O–H groups in total. The van der Waals surface area contributed by atoms with Crippen molar-refractivity contribution in [2.75, 3.05) is 11.8 Å². The van der Waals surface area contributed by atoms with Gasteiger partial charge >= 0.3 is 0 Å². The molecule has 0 aromatic heterocycles. The molecule has 0 fully saturated rings. The Kier molecular flexibility index (Phi) is 5.45. The molecule has 0 aliphatic rings. The molecule has 0 saturated heterocycles. The molecule has 0 unspecified atom stereocenters. The molecule has 0 spiro atoms. The molecule has 1 aromatic rings. The maximum atomic E-state index is 6.08. The third-order valence-electron chi connectivity index (χ3n) is 2.70. The van der Waals surface area contributed by atoms with Crippen LogP contribution in [0.2, 0.25) is 0 Å². The van der Waals surface area contributed by atoms with E-state index in [2.05, 4.69) is 35.0 Å². The molecule has 0 bridgehead atoms. The van der Waals surface area contributed by atoms with Crippen molar-refractivity contribution in [3.8, 4) is 0 Å². The second-order valence-corrected chi connectivity index (χ2v) is 5.25. The highest BCUT2D eigenvalue weighted by Gasteiger charge is 2.29. The van der Waals surface area contributed by atoms with Gasteiger partial charge in [0.1, 0.15) is 0 Å². The molecular formula is C12H15BrCl2. The third kappa shape index (κ3) is 3.12. The Balaban J connectivity index is 3.02. The molecule has 1 aromatic carbocycles. The molecule has 15 heavy (non-hydrogen) atoms. The van der Waals surface area contributed by atoms with E-state index in [4.69, 9.17) is 23.2 Å². The maximum Gasteiger partial charge on any atom is 0.0332 e. The lowest BCUT2D eigenvalue weighted by atomic mass is 9.80. The predicted molar refractivity (Wildman–Crippen MR) is 72.2 cm³/mol. The number of benzene rings is 1. The van der Waals surface area contributed by atoms with E-state index in [9.17, 15) is 0 Å². The Morgan fingerprint density at radius 2 is 1.67 bits per heavy atom. The first-order valence-corrected chi connectivity index (χ1v) is 6.92. The molecule has 0 aliphatic heterocycles. The zero-order valence-corrected chi connectivity index (χ0v) is 11.9. The summed E-state index contributed by atoms with van der Waals surface area (Å²) in [5, 5.41) is 0. The molecule has 0 saturated carbocycles. The number of hydrogen-bond donors (Lipinski definition) is 0. The summed E-state index contributed by atoms with van der Waals surface area (Å²) in [6.07, 6.45) is 2.12. The fourth-order valence-electron chi connectivity index (χ4n) is 1.75. The second kappa shape index (κ2) is 6.12. The molecule has 0 aliphatic carbocycles. The van der Waals surface area contributed by atoms with Crippen molar-refractivity contribution < 1.29 is 0 Å². The average molecular weight is 310 g/mol. The van der Waals surface area contributed by atoms with E-state index in [-0.39, 0.29) is 5.41 Å². The number of alkyl halides is 2. The van der Waals surface area contributed by atoms with E-state index in [1.54, 1.807) is 0 Å². The van der Waals surface area contributed by atoms with Gasteiger partial charge in [0.2, 0.25) is 0 Å². The van der Waals surface area contributed by atoms with Gasteiger partial charge < -0.3 is 0 Å². The monoisotopic (exact) mass is 308 g/mol. The minimum absolute atomic E-state index is 0.0709. The molecular weight excluding hydrogens is 295 g/mol. The van der Waals surface area contributed by atoms with Crippen molar-refractivity contribution in [2.45, 2.75) is 25.2 Å². The van der Waals surface area contributed by atoms with Gasteiger partial charge in [-0.1, -0.05) is 41.4 Å². The Morgan fingerprint density at radius 3 is 2.07 bits per heavy atom. The number of rotatable bonds is 5. The van der Waals surface area contributed by atoms with Gasteiger partial charge in [0.05, 0.1) is 0 Å². The minimum atomic E-state index is -0.0709. The zero-order valence-electron chi connectivity index (χ0n) is 8.77. The fraction of sp³-hybridized carbons (Fsp3) is 0.500. The number of hydrogen-bond acceptors (Lipinski definition) is 0. The van der Waals surface area contributed by atoms with Crippen LogP contribution in [0.5, 0.6) is 0 Å². The zero-order chi connectivity index (χ0) is 11.3. The predicted octanol–water partition coefficient (Wildman–Crippen LogP) is 4.96. The van der Waals surface area contributed by atoms with Crippen LogP contribution in [0.1, 0.15) is 25.3 Å². The summed E-state index contributed by atoms with van der Waals surface area (Å²) in [5.41, 5.74) is 1.16. The maximum absolute atomic E-state index is 6.08. The number of halogens is 3. The Labute approximate surface area is 110 Å². The fourth-order valence-corrected chi connectivity index (χ4v) is 2.88. The Bertz CT molecular complexity index is 291. The highest BCUT2D eigenvalue weighted by Crippen LogP contribution is 2.33. The molecule has 0 heterocycles. The van der Waals surface area contributed by atoms with E-state index in [0.29, 0.717) is 11.8 Å². The molecule has 1 rings (SSSR count). The lowest BCUT2D eigenvalue weighted by Gasteiger charge is -2.29. The summed E-state index contributed by atoms with van der Waals surface area (Å²) in [6.45, 7) is 2.16. The summed E-state index contributed by atoms with van der Waals surface area (Å²) in [7, 11) is 0. The third-order valence-corrected chi connectivity index (χ3v) is 4.25. The quantitative estimate of drug-likeness (QED) is 0.674. The van der Waals surface area contributed by atoms with Gasteiger partial charge in [-0.05, 0) is 24.1 Å². The minimum Gasteiger partial charge on any atom is -0.126 e. The molecule has 3 heteroatoms. The van der Waals surface area contributed by atoms with Crippen molar-refractivity contribution in [1.82, 2.24) is 0 Å². The van der Waals surface area contributed by atoms with Gasteiger partial charge in [-0.15, -0.1) is 23.2 Å². The first-order chi connectivity index (χ1) is 7.18. The van der Waals surface area contributed by atoms with Crippen LogP contribution in [-0.4, -0.2) is 11.8 Å². The van der Waals surface area contributed by atoms with Crippen molar-refractivity contribution in [1.29, 1.82) is 0 Å². The normalized spacial score (nSPS) is 11.7. The highest BCUT2D eigenvalue weighted by molar-refractivity contribution is 9.10. The topological polar surface area (TPSA) is 0 Å². The van der Waals surface area contributed by atoms with Crippen LogP contribution < -0.4 is 0 Å². The summed E-state index contributed by atoms with van der Waals surface area (Å²) in [6, 6.07) is 8.28. The van der Waals surface area contributed by atoms with Crippen LogP contribution in [0.15, 0.2) is 28.7 Å². The lowest BCUT2D eigenvalue weighted by molar-refractivity contribution is 0.485. The SMILES string of the molecule is CCCC(CCl)(CCl)c1ccc(Br)cc1. The van der Waals surface area contributed by atoms with Crippen LogP contribution in [-0.2, 0) is 5.41 Å². The lowest BCUT2D eigenvalue weighted by Crippen LogP contribution is -2.30. The van der Waals surface area contributed by atoms with Gasteiger partial charge in [0.25, 0.3) is 0 Å². The average Bonchev–Trinajstić information content (AvgIpc) is 2.27. The summed E-state index contributed by atoms with van der Waals surface area (Å²) in [5.74, 6) is 1.15. The van der Waals surface area contributed by atoms with Crippen LogP contribution >= 0.6 is 39.1 Å². The first kappa shape index (κ1) is 13.3. The summed E-state index contributed by atoms with van der Waals surface area (Å²) >= 11 is 15.6. The van der Waals surface area contributed by atoms with Gasteiger partial charge in [0.15, 0.2) is 0 Å². The van der Waals surface area contributed by atoms with E-state index in [1.165, 1.54) is 5.56 Å². The second-order valence-electron chi connectivity index (χ2n) is 3.80. The molecule has 84 valence electrons. The molecule has 0 amide bonds. The van der Waals surface area contributed by atoms with Gasteiger partial charge in [0, 0.05) is 21.6 Å². The Hall–Kier alpha value is 0.280. The van der Waals surface area contributed by atoms with Crippen LogP contribution in [0, 0.1) is 0 Å². The molecule has 0 radical (unpaired) electrons. The molecule has 0 atom stereocenters. The van der Waals surface area contributed by atoms with Crippen molar-refractivity contribution in [3.05, 3.63) is 34.3 Å². The van der Waals surface area contributed by atoms with Crippen molar-refractivity contribution >= 4 is 39.1 Å². The molecule has 0 nitrogen and oxygen atoms in total. The summed E-state index contributed by atoms with van der Waals surface area (Å²) in [4.78, 5) is 0. The van der Waals surface area contributed by atoms with Gasteiger partial charge in [-0.3, -0.25) is 0 Å². The highest BCUT2D eigenvalue weighted by atomic mass is 79.9. The van der Waals surface area contributed by atoms with Crippen LogP contribution in [0.25, 0.3) is 0 Å². The van der Waals surface area contributed by atoms with Crippen LogP contribution in [0.4, 0.5) is 0 Å². The summed E-state index contributed by atoms with van der Waals surface area (Å²) < 4.78 is 1.08. The van der Waals surface area contributed by atoms with Crippen molar-refractivity contribution in [2.24, 2.45) is 0 Å². The van der Waals surface area contributed by atoms with Crippen LogP contribution in [0.3, 0.4) is 0 Å². The largest absolute Gasteiger partial charge is 0.126 e. The standard InChI is InChI=1S/C12H15BrCl2/c1-2-7-12(8-14,9-15)10-3-5-11(13)6-4-10/h3-6H,2,7-9H2,1H3. The van der Waals surface area contributed by atoms with Crippen molar-refractivity contribution in [3.63, 3.8) is 0 Å². The van der Waals surface area contributed by atoms with Gasteiger partial charge in [-0.2, -0.15) is 0 Å².